The Kier molecular flexibility index (Phi) is 25.7. The van der Waals surface area contributed by atoms with E-state index in [2.05, 4.69) is 21.3 Å². The number of carboxylic acids is 5. The third-order valence-corrected chi connectivity index (χ3v) is 4.75. The number of amides is 2. The van der Waals surface area contributed by atoms with E-state index in [1.165, 1.54) is 0 Å². The zero-order valence-electron chi connectivity index (χ0n) is 26.2. The molecule has 2 amide bonds. The van der Waals surface area contributed by atoms with Crippen molar-refractivity contribution in [2.75, 3.05) is 19.6 Å². The van der Waals surface area contributed by atoms with Crippen LogP contribution in [0, 0.1) is 11.3 Å². The van der Waals surface area contributed by atoms with Crippen LogP contribution in [0.1, 0.15) is 33.1 Å². The Labute approximate surface area is 280 Å². The van der Waals surface area contributed by atoms with Crippen molar-refractivity contribution >= 4 is 47.6 Å². The SMILES string of the molecule is CC(C)[C@H](NC(=O)[C@H](CC(=O)O)NC(=O)CNCC(N)CCCNC(=N)N)C(=O)O.O=C(O)C(F)(F)F.O=C(O)C(F)(F)F.O=C(O)C(F)(F)F. The highest BCUT2D eigenvalue weighted by molar-refractivity contribution is 5.93. The molecule has 0 saturated carbocycles. The Morgan fingerprint density at radius 2 is 1.14 bits per heavy atom. The van der Waals surface area contributed by atoms with Crippen molar-refractivity contribution in [3.63, 3.8) is 0 Å². The van der Waals surface area contributed by atoms with Crippen LogP contribution in [0.3, 0.4) is 0 Å². The van der Waals surface area contributed by atoms with Gasteiger partial charge in [-0.15, -0.1) is 0 Å². The molecule has 51 heavy (non-hydrogen) atoms. The average Bonchev–Trinajstić information content (AvgIpc) is 2.92. The van der Waals surface area contributed by atoms with Gasteiger partial charge in [0.1, 0.15) is 12.1 Å². The van der Waals surface area contributed by atoms with Gasteiger partial charge in [-0.05, 0) is 18.8 Å². The van der Waals surface area contributed by atoms with Crippen molar-refractivity contribution in [1.29, 1.82) is 5.41 Å². The highest BCUT2D eigenvalue weighted by Crippen LogP contribution is 2.14. The molecule has 0 heterocycles. The standard InChI is InChI=1S/C17H33N7O6.3C2HF3O2/c1-9(2)14(16(29)30)24-15(28)11(6-13(26)27)23-12(25)8-21-7-10(18)4-3-5-22-17(19)20;3*3-2(4,5)1(6)7/h9-11,14,21H,3-8,18H2,1-2H3,(H,23,25)(H,24,28)(H,26,27)(H,29,30)(H4,19,20,22);3*(H,6,7)/t10?,11-,14-;;;/m0.../s1. The first-order chi connectivity index (χ1) is 22.8. The summed E-state index contributed by atoms with van der Waals surface area (Å²) >= 11 is 0. The molecule has 0 spiro atoms. The van der Waals surface area contributed by atoms with Crippen molar-refractivity contribution in [1.82, 2.24) is 21.3 Å². The lowest BCUT2D eigenvalue weighted by atomic mass is 10.0. The van der Waals surface area contributed by atoms with E-state index in [4.69, 9.17) is 56.8 Å². The molecule has 19 nitrogen and oxygen atoms in total. The summed E-state index contributed by atoms with van der Waals surface area (Å²) in [7, 11) is 0. The average molecular weight is 774 g/mol. The van der Waals surface area contributed by atoms with E-state index in [0.717, 1.165) is 0 Å². The summed E-state index contributed by atoms with van der Waals surface area (Å²) in [6.45, 7) is 3.79. The third kappa shape index (κ3) is 33.1. The van der Waals surface area contributed by atoms with Crippen molar-refractivity contribution < 1.29 is 98.6 Å². The molecule has 0 bridgehead atoms. The molecular weight excluding hydrogens is 737 g/mol. The maximum Gasteiger partial charge on any atom is 0.490 e. The topological polar surface area (TPSA) is 345 Å². The second-order valence-corrected chi connectivity index (χ2v) is 9.57. The molecule has 0 radical (unpaired) electrons. The van der Waals surface area contributed by atoms with Crippen LogP contribution in [0.15, 0.2) is 0 Å². The number of carbonyl (C=O) groups is 7. The number of alkyl halides is 9. The Balaban J connectivity index is -0.000000421. The van der Waals surface area contributed by atoms with Crippen LogP contribution in [-0.4, -0.2) is 129 Å². The van der Waals surface area contributed by atoms with Crippen molar-refractivity contribution in [3.05, 3.63) is 0 Å². The van der Waals surface area contributed by atoms with Crippen LogP contribution >= 0.6 is 0 Å². The number of hydrogen-bond acceptors (Lipinski definition) is 10. The number of halogens is 9. The van der Waals surface area contributed by atoms with Gasteiger partial charge in [0, 0.05) is 19.1 Å². The lowest BCUT2D eigenvalue weighted by Crippen LogP contribution is -2.54. The molecule has 0 fully saturated rings. The van der Waals surface area contributed by atoms with Crippen molar-refractivity contribution in [3.8, 4) is 0 Å². The number of carbonyl (C=O) groups excluding carboxylic acids is 2. The Morgan fingerprint density at radius 3 is 1.43 bits per heavy atom. The maximum absolute atomic E-state index is 12.3. The van der Waals surface area contributed by atoms with E-state index in [0.29, 0.717) is 25.9 Å². The molecule has 0 aliphatic rings. The molecular formula is C23H36F9N7O12. The molecule has 3 atom stereocenters. The van der Waals surface area contributed by atoms with E-state index in [1.807, 2.05) is 0 Å². The normalized spacial score (nSPS) is 12.7. The lowest BCUT2D eigenvalue weighted by molar-refractivity contribution is -0.193. The highest BCUT2D eigenvalue weighted by Gasteiger charge is 2.39. The lowest BCUT2D eigenvalue weighted by Gasteiger charge is -2.22. The molecule has 0 aromatic rings. The van der Waals surface area contributed by atoms with Gasteiger partial charge in [-0.25, -0.2) is 19.2 Å². The van der Waals surface area contributed by atoms with Crippen molar-refractivity contribution in [2.45, 2.75) is 69.8 Å². The number of nitrogens with one attached hydrogen (secondary N) is 5. The summed E-state index contributed by atoms with van der Waals surface area (Å²) in [5, 5.41) is 56.5. The van der Waals surface area contributed by atoms with E-state index < -0.39 is 84.6 Å². The van der Waals surface area contributed by atoms with Gasteiger partial charge in [0.25, 0.3) is 0 Å². The first-order valence-electron chi connectivity index (χ1n) is 13.3. The number of aliphatic carboxylic acids is 5. The summed E-state index contributed by atoms with van der Waals surface area (Å²) in [6, 6.07) is -2.88. The van der Waals surface area contributed by atoms with E-state index in [1.54, 1.807) is 13.8 Å². The first-order valence-corrected chi connectivity index (χ1v) is 13.3. The zero-order valence-corrected chi connectivity index (χ0v) is 26.2. The second kappa shape index (κ2) is 24.9. The van der Waals surface area contributed by atoms with Crippen LogP contribution in [-0.2, 0) is 33.6 Å². The van der Waals surface area contributed by atoms with Gasteiger partial charge in [0.05, 0.1) is 13.0 Å². The second-order valence-electron chi connectivity index (χ2n) is 9.57. The molecule has 0 aliphatic heterocycles. The van der Waals surface area contributed by atoms with Gasteiger partial charge in [-0.3, -0.25) is 19.8 Å². The zero-order chi connectivity index (χ0) is 41.5. The summed E-state index contributed by atoms with van der Waals surface area (Å²) in [5.74, 6) is -12.9. The number of rotatable bonds is 15. The highest BCUT2D eigenvalue weighted by atomic mass is 19.4. The van der Waals surface area contributed by atoms with Crippen molar-refractivity contribution in [2.24, 2.45) is 17.4 Å². The van der Waals surface area contributed by atoms with Gasteiger partial charge in [0.15, 0.2) is 5.96 Å². The van der Waals surface area contributed by atoms with Gasteiger partial charge in [-0.1, -0.05) is 13.8 Å². The van der Waals surface area contributed by atoms with E-state index in [9.17, 15) is 58.7 Å². The molecule has 0 saturated heterocycles. The molecule has 1 unspecified atom stereocenters. The minimum absolute atomic E-state index is 0.124. The van der Waals surface area contributed by atoms with E-state index >= 15 is 0 Å². The Bertz CT molecular complexity index is 1110. The van der Waals surface area contributed by atoms with Crippen LogP contribution in [0.25, 0.3) is 0 Å². The minimum Gasteiger partial charge on any atom is -0.481 e. The fourth-order valence-corrected chi connectivity index (χ4v) is 2.46. The Morgan fingerprint density at radius 1 is 0.745 bits per heavy atom. The number of carboxylic acid groups (broad SMARTS) is 5. The summed E-state index contributed by atoms with van der Waals surface area (Å²) in [4.78, 5) is 73.3. The predicted molar refractivity (Wildman–Crippen MR) is 150 cm³/mol. The largest absolute Gasteiger partial charge is 0.490 e. The number of hydrogen-bond donors (Lipinski definition) is 12. The number of guanidine groups is 1. The van der Waals surface area contributed by atoms with E-state index in [-0.39, 0.29) is 18.5 Å². The minimum atomic E-state index is -5.08. The molecule has 0 aromatic carbocycles. The maximum atomic E-state index is 12.3. The molecule has 0 aromatic heterocycles. The molecule has 0 rings (SSSR count). The fourth-order valence-electron chi connectivity index (χ4n) is 2.46. The first kappa shape index (κ1) is 52.7. The quantitative estimate of drug-likeness (QED) is 0.0422. The third-order valence-electron chi connectivity index (χ3n) is 4.75. The smallest absolute Gasteiger partial charge is 0.481 e. The molecule has 14 N–H and O–H groups in total. The summed E-state index contributed by atoms with van der Waals surface area (Å²) in [5.41, 5.74) is 11.1. The van der Waals surface area contributed by atoms with Crippen LogP contribution in [0.2, 0.25) is 0 Å². The van der Waals surface area contributed by atoms with Gasteiger partial charge in [-0.2, -0.15) is 39.5 Å². The predicted octanol–water partition coefficient (Wildman–Crippen LogP) is -0.749. The summed E-state index contributed by atoms with van der Waals surface area (Å²) in [6.07, 6.45) is -14.6. The molecule has 28 heteroatoms. The monoisotopic (exact) mass is 773 g/mol. The van der Waals surface area contributed by atoms with Crippen LogP contribution < -0.4 is 32.7 Å². The molecule has 0 aliphatic carbocycles. The van der Waals surface area contributed by atoms with Gasteiger partial charge >= 0.3 is 48.4 Å². The van der Waals surface area contributed by atoms with Crippen LogP contribution in [0.5, 0.6) is 0 Å². The van der Waals surface area contributed by atoms with Crippen LogP contribution in [0.4, 0.5) is 39.5 Å². The Hall–Kier alpha value is -5.15. The van der Waals surface area contributed by atoms with Gasteiger partial charge in [0.2, 0.25) is 11.8 Å². The van der Waals surface area contributed by atoms with Gasteiger partial charge < -0.3 is 58.3 Å². The molecule has 298 valence electrons. The summed E-state index contributed by atoms with van der Waals surface area (Å²) < 4.78 is 95.2. The number of nitrogens with two attached hydrogens (primary N) is 2. The fraction of sp³-hybridized carbons (Fsp3) is 0.652.